The molecule has 37 heavy (non-hydrogen) atoms. The monoisotopic (exact) mass is 512 g/mol. The van der Waals surface area contributed by atoms with Gasteiger partial charge in [-0.2, -0.15) is 0 Å². The molecule has 6 nitrogen and oxygen atoms in total. The lowest BCUT2D eigenvalue weighted by molar-refractivity contribution is 0.0746. The number of aryl methyl sites for hydroxylation is 1. The first-order chi connectivity index (χ1) is 18.1. The van der Waals surface area contributed by atoms with Gasteiger partial charge in [0.15, 0.2) is 0 Å². The molecule has 1 amide bonds. The second-order valence-corrected chi connectivity index (χ2v) is 11.2. The molecule has 1 atom stereocenters. The Morgan fingerprint density at radius 2 is 1.78 bits per heavy atom. The first-order valence-corrected chi connectivity index (χ1v) is 13.9. The summed E-state index contributed by atoms with van der Waals surface area (Å²) in [7, 11) is 1.64. The minimum Gasteiger partial charge on any atom is -0.497 e. The molecule has 0 bridgehead atoms. The Morgan fingerprint density at radius 1 is 1.03 bits per heavy atom. The maximum atomic E-state index is 13.1. The van der Waals surface area contributed by atoms with Crippen LogP contribution in [0.2, 0.25) is 0 Å². The van der Waals surface area contributed by atoms with Crippen molar-refractivity contribution < 1.29 is 9.53 Å². The van der Waals surface area contributed by atoms with Crippen LogP contribution in [0.15, 0.2) is 54.6 Å². The number of amides is 1. The molecule has 2 aliphatic rings. The van der Waals surface area contributed by atoms with Gasteiger partial charge in [0.05, 0.1) is 12.5 Å². The third kappa shape index (κ3) is 4.80. The van der Waals surface area contributed by atoms with Crippen LogP contribution in [-0.4, -0.2) is 54.1 Å². The summed E-state index contributed by atoms with van der Waals surface area (Å²) < 4.78 is 5.24. The van der Waals surface area contributed by atoms with Crippen molar-refractivity contribution in [2.75, 3.05) is 38.2 Å². The van der Waals surface area contributed by atoms with Crippen molar-refractivity contribution in [3.05, 3.63) is 82.0 Å². The summed E-state index contributed by atoms with van der Waals surface area (Å²) in [6.45, 7) is 5.22. The molecule has 3 heterocycles. The second kappa shape index (κ2) is 10.1. The highest BCUT2D eigenvalue weighted by molar-refractivity contribution is 7.19. The first kappa shape index (κ1) is 23.9. The number of fused-ring (bicyclic) bond motifs is 3. The minimum absolute atomic E-state index is 0.0711. The topological polar surface area (TPSA) is 58.6 Å². The summed E-state index contributed by atoms with van der Waals surface area (Å²) in [5, 5.41) is 1.25. The number of methoxy groups -OCH3 is 1. The average Bonchev–Trinajstić information content (AvgIpc) is 3.30. The zero-order chi connectivity index (χ0) is 25.4. The van der Waals surface area contributed by atoms with Gasteiger partial charge in [0.25, 0.3) is 5.91 Å². The molecule has 190 valence electrons. The fourth-order valence-electron chi connectivity index (χ4n) is 5.49. The third-order valence-electron chi connectivity index (χ3n) is 7.59. The summed E-state index contributed by atoms with van der Waals surface area (Å²) >= 11 is 1.86. The Hall–Kier alpha value is -3.45. The third-order valence-corrected chi connectivity index (χ3v) is 8.74. The Labute approximate surface area is 221 Å². The van der Waals surface area contributed by atoms with Gasteiger partial charge in [-0.05, 0) is 60.6 Å². The number of piperazine rings is 1. The van der Waals surface area contributed by atoms with Gasteiger partial charge in [-0.15, -0.1) is 11.3 Å². The zero-order valence-corrected chi connectivity index (χ0v) is 22.3. The van der Waals surface area contributed by atoms with E-state index in [1.54, 1.807) is 7.11 Å². The first-order valence-electron chi connectivity index (χ1n) is 13.1. The number of nitrogens with zero attached hydrogens (tertiary/aromatic N) is 4. The Balaban J connectivity index is 1.29. The van der Waals surface area contributed by atoms with Gasteiger partial charge in [-0.3, -0.25) is 4.79 Å². The van der Waals surface area contributed by atoms with Gasteiger partial charge < -0.3 is 14.5 Å². The summed E-state index contributed by atoms with van der Waals surface area (Å²) in [6, 6.07) is 17.8. The number of hydrogen-bond acceptors (Lipinski definition) is 6. The lowest BCUT2D eigenvalue weighted by Gasteiger charge is -2.36. The lowest BCUT2D eigenvalue weighted by Crippen LogP contribution is -2.49. The largest absolute Gasteiger partial charge is 0.497 e. The molecule has 7 heteroatoms. The normalized spacial score (nSPS) is 17.6. The van der Waals surface area contributed by atoms with E-state index in [0.717, 1.165) is 54.6 Å². The molecule has 1 aliphatic heterocycles. The van der Waals surface area contributed by atoms with E-state index in [2.05, 4.69) is 36.1 Å². The van der Waals surface area contributed by atoms with E-state index >= 15 is 0 Å². The maximum Gasteiger partial charge on any atom is 0.253 e. The molecule has 1 fully saturated rings. The Kier molecular flexibility index (Phi) is 6.55. The van der Waals surface area contributed by atoms with Crippen LogP contribution in [0.3, 0.4) is 0 Å². The maximum absolute atomic E-state index is 13.1. The van der Waals surface area contributed by atoms with Gasteiger partial charge in [-0.1, -0.05) is 37.3 Å². The lowest BCUT2D eigenvalue weighted by atomic mass is 9.89. The van der Waals surface area contributed by atoms with E-state index in [4.69, 9.17) is 14.7 Å². The molecule has 6 rings (SSSR count). The van der Waals surface area contributed by atoms with Crippen LogP contribution in [0.1, 0.15) is 45.5 Å². The molecular weight excluding hydrogens is 480 g/mol. The second-order valence-electron chi connectivity index (χ2n) is 10.2. The van der Waals surface area contributed by atoms with E-state index < -0.39 is 0 Å². The molecule has 0 radical (unpaired) electrons. The van der Waals surface area contributed by atoms with Gasteiger partial charge in [0.1, 0.15) is 22.2 Å². The quantitative estimate of drug-likeness (QED) is 0.359. The van der Waals surface area contributed by atoms with E-state index in [1.165, 1.54) is 27.8 Å². The van der Waals surface area contributed by atoms with Gasteiger partial charge in [0, 0.05) is 43.0 Å². The fraction of sp³-hybridized carbons (Fsp3) is 0.367. The highest BCUT2D eigenvalue weighted by Gasteiger charge is 2.29. The van der Waals surface area contributed by atoms with Gasteiger partial charge in [-0.25, -0.2) is 9.97 Å². The van der Waals surface area contributed by atoms with Crippen LogP contribution >= 0.6 is 11.3 Å². The zero-order valence-electron chi connectivity index (χ0n) is 21.4. The van der Waals surface area contributed by atoms with Crippen LogP contribution in [-0.2, 0) is 19.3 Å². The number of carbonyl (C=O) groups excluding carboxylic acids is 1. The van der Waals surface area contributed by atoms with Crippen molar-refractivity contribution in [2.24, 2.45) is 5.92 Å². The number of aromatic nitrogens is 2. The van der Waals surface area contributed by atoms with E-state index in [9.17, 15) is 4.79 Å². The van der Waals surface area contributed by atoms with E-state index in [-0.39, 0.29) is 5.91 Å². The van der Waals surface area contributed by atoms with Crippen molar-refractivity contribution in [3.8, 4) is 5.75 Å². The SMILES string of the molecule is COc1ccc(C(=O)N2CCN(c3nc(Cc4ccccc4)nc4sc5c(c34)CCC(C)C5)CC2)cc1. The molecular formula is C30H32N4O2S. The van der Waals surface area contributed by atoms with E-state index in [1.807, 2.05) is 46.6 Å². The summed E-state index contributed by atoms with van der Waals surface area (Å²) in [5.74, 6) is 3.47. The number of anilines is 1. The van der Waals surface area contributed by atoms with Crippen LogP contribution in [0.4, 0.5) is 5.82 Å². The fourth-order valence-corrected chi connectivity index (χ4v) is 6.89. The Morgan fingerprint density at radius 3 is 2.51 bits per heavy atom. The molecule has 0 N–H and O–H groups in total. The molecule has 2 aromatic carbocycles. The number of benzene rings is 2. The van der Waals surface area contributed by atoms with Crippen molar-refractivity contribution >= 4 is 33.3 Å². The van der Waals surface area contributed by atoms with Crippen molar-refractivity contribution in [1.29, 1.82) is 0 Å². The summed E-state index contributed by atoms with van der Waals surface area (Å²) in [5.41, 5.74) is 3.37. The van der Waals surface area contributed by atoms with Crippen molar-refractivity contribution in [2.45, 2.75) is 32.6 Å². The van der Waals surface area contributed by atoms with Crippen molar-refractivity contribution in [1.82, 2.24) is 14.9 Å². The number of rotatable bonds is 5. The Bertz CT molecular complexity index is 1410. The molecule has 1 aliphatic carbocycles. The number of ether oxygens (including phenoxy) is 1. The van der Waals surface area contributed by atoms with Crippen LogP contribution in [0.5, 0.6) is 5.75 Å². The highest BCUT2D eigenvalue weighted by Crippen LogP contribution is 2.41. The van der Waals surface area contributed by atoms with Crippen LogP contribution < -0.4 is 9.64 Å². The van der Waals surface area contributed by atoms with Crippen LogP contribution in [0, 0.1) is 5.92 Å². The predicted octanol–water partition coefficient (Wildman–Crippen LogP) is 5.38. The molecule has 0 spiro atoms. The molecule has 1 saturated heterocycles. The number of thiophene rings is 1. The molecule has 1 unspecified atom stereocenters. The molecule has 4 aromatic rings. The standard InChI is InChI=1S/C30H32N4O2S/c1-20-8-13-24-25(18-20)37-29-27(24)28(31-26(32-29)19-21-6-4-3-5-7-21)33-14-16-34(17-15-33)30(35)22-9-11-23(36-2)12-10-22/h3-7,9-12,20H,8,13-19H2,1-2H3. The predicted molar refractivity (Wildman–Crippen MR) is 149 cm³/mol. The number of hydrogen-bond donors (Lipinski definition) is 0. The van der Waals surface area contributed by atoms with Gasteiger partial charge in [0.2, 0.25) is 0 Å². The average molecular weight is 513 g/mol. The van der Waals surface area contributed by atoms with Crippen molar-refractivity contribution in [3.63, 3.8) is 0 Å². The smallest absolute Gasteiger partial charge is 0.253 e. The van der Waals surface area contributed by atoms with Gasteiger partial charge >= 0.3 is 0 Å². The van der Waals surface area contributed by atoms with Crippen LogP contribution in [0.25, 0.3) is 10.2 Å². The highest BCUT2D eigenvalue weighted by atomic mass is 32.1. The molecule has 2 aromatic heterocycles. The number of carbonyl (C=O) groups is 1. The summed E-state index contributed by atoms with van der Waals surface area (Å²) in [6.07, 6.45) is 4.17. The summed E-state index contributed by atoms with van der Waals surface area (Å²) in [4.78, 5) is 30.3. The molecule has 0 saturated carbocycles. The van der Waals surface area contributed by atoms with E-state index in [0.29, 0.717) is 24.6 Å². The minimum atomic E-state index is 0.0711.